The van der Waals surface area contributed by atoms with Gasteiger partial charge in [-0.05, 0) is 49.2 Å². The van der Waals surface area contributed by atoms with Crippen LogP contribution in [0.5, 0.6) is 5.75 Å². The molecule has 0 radical (unpaired) electrons. The van der Waals surface area contributed by atoms with E-state index < -0.39 is 6.16 Å². The summed E-state index contributed by atoms with van der Waals surface area (Å²) < 4.78 is 10.5. The lowest BCUT2D eigenvalue weighted by Crippen LogP contribution is -2.30. The number of hydrogen-bond donors (Lipinski definition) is 2. The molecule has 0 bridgehead atoms. The Labute approximate surface area is 177 Å². The average molecular weight is 463 g/mol. The molecule has 0 fully saturated rings. The zero-order chi connectivity index (χ0) is 21.1. The van der Waals surface area contributed by atoms with Gasteiger partial charge >= 0.3 is 6.16 Å². The van der Waals surface area contributed by atoms with Crippen molar-refractivity contribution in [2.45, 2.75) is 19.8 Å². The molecule has 0 aliphatic rings. The lowest BCUT2D eigenvalue weighted by atomic mass is 10.1. The van der Waals surface area contributed by atoms with Gasteiger partial charge in [0.05, 0.1) is 13.0 Å². The van der Waals surface area contributed by atoms with E-state index in [4.69, 9.17) is 4.74 Å². The first-order chi connectivity index (χ1) is 14.0. The van der Waals surface area contributed by atoms with Gasteiger partial charge in [0.25, 0.3) is 5.91 Å². The highest BCUT2D eigenvalue weighted by molar-refractivity contribution is 9.10. The number of benzene rings is 2. The normalized spacial score (nSPS) is 10.1. The van der Waals surface area contributed by atoms with E-state index in [1.807, 2.05) is 24.3 Å². The van der Waals surface area contributed by atoms with Gasteiger partial charge in [0.15, 0.2) is 0 Å². The summed E-state index contributed by atoms with van der Waals surface area (Å²) in [6.07, 6.45) is 0.122. The molecule has 2 aromatic carbocycles. The van der Waals surface area contributed by atoms with E-state index in [-0.39, 0.29) is 18.4 Å². The number of carbonyl (C=O) groups is 3. The van der Waals surface area contributed by atoms with Gasteiger partial charge in [0.2, 0.25) is 5.91 Å². The Hall–Kier alpha value is -2.87. The van der Waals surface area contributed by atoms with E-state index in [1.165, 1.54) is 12.1 Å². The van der Waals surface area contributed by atoms with Gasteiger partial charge in [-0.25, -0.2) is 4.79 Å². The lowest BCUT2D eigenvalue weighted by Gasteiger charge is -2.08. The second kappa shape index (κ2) is 11.9. The van der Waals surface area contributed by atoms with Gasteiger partial charge in [-0.1, -0.05) is 34.1 Å². The van der Waals surface area contributed by atoms with Gasteiger partial charge in [0.1, 0.15) is 5.75 Å². The molecule has 0 aromatic heterocycles. The number of hydrogen-bond acceptors (Lipinski definition) is 5. The number of halogens is 1. The van der Waals surface area contributed by atoms with Crippen LogP contribution in [0, 0.1) is 0 Å². The Morgan fingerprint density at radius 3 is 2.34 bits per heavy atom. The Kier molecular flexibility index (Phi) is 9.17. The van der Waals surface area contributed by atoms with Crippen molar-refractivity contribution in [2.24, 2.45) is 0 Å². The first-order valence-corrected chi connectivity index (χ1v) is 10.0. The maximum Gasteiger partial charge on any atom is 0.513 e. The van der Waals surface area contributed by atoms with Crippen molar-refractivity contribution >= 4 is 33.9 Å². The molecule has 8 heteroatoms. The van der Waals surface area contributed by atoms with Crippen LogP contribution in [0.15, 0.2) is 53.0 Å². The molecule has 0 heterocycles. The predicted molar refractivity (Wildman–Crippen MR) is 112 cm³/mol. The Balaban J connectivity index is 1.66. The van der Waals surface area contributed by atoms with Gasteiger partial charge in [-0.2, -0.15) is 0 Å². The van der Waals surface area contributed by atoms with Crippen LogP contribution in [0.2, 0.25) is 0 Å². The number of carbonyl (C=O) groups excluding carboxylic acids is 3. The van der Waals surface area contributed by atoms with Crippen LogP contribution in [-0.2, 0) is 16.0 Å². The second-order valence-corrected chi connectivity index (χ2v) is 6.89. The van der Waals surface area contributed by atoms with E-state index in [9.17, 15) is 14.4 Å². The number of ether oxygens (including phenoxy) is 2. The third kappa shape index (κ3) is 7.95. The standard InChI is InChI=1S/C21H23BrN2O5/c1-2-28-21(27)29-17-10-8-15(9-11-17)20(26)24-13-5-12-23-19(25)14-16-6-3-4-7-18(16)22/h3-4,6-11H,2,5,12-14H2,1H3,(H,23,25)(H,24,26). The van der Waals surface area contributed by atoms with Crippen LogP contribution < -0.4 is 15.4 Å². The van der Waals surface area contributed by atoms with E-state index in [1.54, 1.807) is 19.1 Å². The largest absolute Gasteiger partial charge is 0.513 e. The molecule has 0 aliphatic carbocycles. The van der Waals surface area contributed by atoms with E-state index >= 15 is 0 Å². The third-order valence-electron chi connectivity index (χ3n) is 3.85. The fourth-order valence-electron chi connectivity index (χ4n) is 2.42. The van der Waals surface area contributed by atoms with E-state index in [0.717, 1.165) is 10.0 Å². The summed E-state index contributed by atoms with van der Waals surface area (Å²) in [6, 6.07) is 13.7. The van der Waals surface area contributed by atoms with Gasteiger partial charge in [-0.15, -0.1) is 0 Å². The number of amides is 2. The second-order valence-electron chi connectivity index (χ2n) is 6.04. The van der Waals surface area contributed by atoms with Crippen molar-refractivity contribution in [3.05, 3.63) is 64.1 Å². The summed E-state index contributed by atoms with van der Waals surface area (Å²) in [6.45, 7) is 2.80. The van der Waals surface area contributed by atoms with Crippen LogP contribution in [0.4, 0.5) is 4.79 Å². The third-order valence-corrected chi connectivity index (χ3v) is 4.62. The molecule has 154 valence electrons. The first-order valence-electron chi connectivity index (χ1n) is 9.22. The highest BCUT2D eigenvalue weighted by Crippen LogP contribution is 2.16. The van der Waals surface area contributed by atoms with Crippen molar-refractivity contribution in [1.29, 1.82) is 0 Å². The molecule has 7 nitrogen and oxygen atoms in total. The molecule has 2 N–H and O–H groups in total. The van der Waals surface area contributed by atoms with Crippen molar-refractivity contribution in [2.75, 3.05) is 19.7 Å². The predicted octanol–water partition coefficient (Wildman–Crippen LogP) is 3.46. The molecule has 0 saturated carbocycles. The summed E-state index contributed by atoms with van der Waals surface area (Å²) in [5, 5.41) is 5.62. The molecule has 0 aliphatic heterocycles. The van der Waals surface area contributed by atoms with Crippen molar-refractivity contribution < 1.29 is 23.9 Å². The van der Waals surface area contributed by atoms with E-state index in [0.29, 0.717) is 37.2 Å². The zero-order valence-electron chi connectivity index (χ0n) is 16.1. The minimum atomic E-state index is -0.786. The fraction of sp³-hybridized carbons (Fsp3) is 0.286. The molecule has 0 atom stereocenters. The lowest BCUT2D eigenvalue weighted by molar-refractivity contribution is -0.120. The summed E-state index contributed by atoms with van der Waals surface area (Å²) in [5.41, 5.74) is 1.37. The highest BCUT2D eigenvalue weighted by atomic mass is 79.9. The fourth-order valence-corrected chi connectivity index (χ4v) is 2.84. The Morgan fingerprint density at radius 2 is 1.66 bits per heavy atom. The summed E-state index contributed by atoms with van der Waals surface area (Å²) in [7, 11) is 0. The average Bonchev–Trinajstić information content (AvgIpc) is 2.70. The zero-order valence-corrected chi connectivity index (χ0v) is 17.7. The van der Waals surface area contributed by atoms with Crippen LogP contribution >= 0.6 is 15.9 Å². The van der Waals surface area contributed by atoms with Gasteiger partial charge < -0.3 is 20.1 Å². The topological polar surface area (TPSA) is 93.7 Å². The quantitative estimate of drug-likeness (QED) is 0.338. The molecule has 2 rings (SSSR count). The molecule has 0 saturated heterocycles. The molecule has 0 spiro atoms. The Morgan fingerprint density at radius 1 is 0.966 bits per heavy atom. The van der Waals surface area contributed by atoms with Crippen molar-refractivity contribution in [1.82, 2.24) is 10.6 Å². The van der Waals surface area contributed by atoms with Crippen LogP contribution in [0.3, 0.4) is 0 Å². The molecule has 2 amide bonds. The van der Waals surface area contributed by atoms with Crippen LogP contribution in [0.25, 0.3) is 0 Å². The highest BCUT2D eigenvalue weighted by Gasteiger charge is 2.09. The summed E-state index contributed by atoms with van der Waals surface area (Å²) in [5.74, 6) is -0.0135. The maximum absolute atomic E-state index is 12.1. The first kappa shape index (κ1) is 22.4. The minimum absolute atomic E-state index is 0.0691. The number of rotatable bonds is 9. The summed E-state index contributed by atoms with van der Waals surface area (Å²) in [4.78, 5) is 35.3. The Bertz CT molecular complexity index is 839. The minimum Gasteiger partial charge on any atom is -0.434 e. The van der Waals surface area contributed by atoms with Crippen molar-refractivity contribution in [3.63, 3.8) is 0 Å². The molecule has 0 unspecified atom stereocenters. The smallest absolute Gasteiger partial charge is 0.434 e. The maximum atomic E-state index is 12.1. The molecular weight excluding hydrogens is 440 g/mol. The van der Waals surface area contributed by atoms with Gasteiger partial charge in [-0.3, -0.25) is 9.59 Å². The van der Waals surface area contributed by atoms with E-state index in [2.05, 4.69) is 31.3 Å². The SMILES string of the molecule is CCOC(=O)Oc1ccc(C(=O)NCCCNC(=O)Cc2ccccc2Br)cc1. The molecular formula is C21H23BrN2O5. The monoisotopic (exact) mass is 462 g/mol. The van der Waals surface area contributed by atoms with Gasteiger partial charge in [0, 0.05) is 23.1 Å². The van der Waals surface area contributed by atoms with Crippen LogP contribution in [0.1, 0.15) is 29.3 Å². The number of nitrogens with one attached hydrogen (secondary N) is 2. The van der Waals surface area contributed by atoms with Crippen molar-refractivity contribution in [3.8, 4) is 5.75 Å². The molecule has 29 heavy (non-hydrogen) atoms. The summed E-state index contributed by atoms with van der Waals surface area (Å²) >= 11 is 3.42. The molecule has 2 aromatic rings. The van der Waals surface area contributed by atoms with Crippen LogP contribution in [-0.4, -0.2) is 37.7 Å².